The molecule has 46 heavy (non-hydrogen) atoms. The van der Waals surface area contributed by atoms with Crippen molar-refractivity contribution < 1.29 is 37.5 Å². The average molecular weight is 652 g/mol. The predicted octanol–water partition coefficient (Wildman–Crippen LogP) is 2.30. The summed E-state index contributed by atoms with van der Waals surface area (Å²) < 4.78 is 27.2. The lowest BCUT2D eigenvalue weighted by molar-refractivity contribution is -0.141. The van der Waals surface area contributed by atoms with Gasteiger partial charge in [-0.3, -0.25) is 18.7 Å². The van der Waals surface area contributed by atoms with Crippen molar-refractivity contribution in [2.45, 2.75) is 51.2 Å². The fourth-order valence-corrected chi connectivity index (χ4v) is 5.72. The molecule has 0 saturated heterocycles. The number of carboxylic acid groups (broad SMARTS) is 1. The first kappa shape index (κ1) is 35.2. The molecule has 0 heterocycles. The molecule has 0 aromatic heterocycles. The highest BCUT2D eigenvalue weighted by Crippen LogP contribution is 2.23. The monoisotopic (exact) mass is 651 g/mol. The molecule has 14 heteroatoms. The fraction of sp³-hybridized carbons (Fsp3) is 0.281. The van der Waals surface area contributed by atoms with Gasteiger partial charge in [0.2, 0.25) is 21.8 Å². The number of carboxylic acids is 1. The molecule has 0 bridgehead atoms. The van der Waals surface area contributed by atoms with Gasteiger partial charge < -0.3 is 26.3 Å². The summed E-state index contributed by atoms with van der Waals surface area (Å²) in [5.41, 5.74) is 8.07. The summed E-state index contributed by atoms with van der Waals surface area (Å²) >= 11 is 0. The highest BCUT2D eigenvalue weighted by atomic mass is 32.2. The molecule has 13 nitrogen and oxygen atoms in total. The first-order valence-corrected chi connectivity index (χ1v) is 16.2. The maximum Gasteiger partial charge on any atom is 0.332 e. The number of benzene rings is 3. The van der Waals surface area contributed by atoms with E-state index in [1.807, 2.05) is 30.3 Å². The fourth-order valence-electron chi connectivity index (χ4n) is 4.56. The Balaban J connectivity index is 1.82. The van der Waals surface area contributed by atoms with Gasteiger partial charge in [0.05, 0.1) is 11.9 Å². The van der Waals surface area contributed by atoms with E-state index in [9.17, 15) is 32.7 Å². The lowest BCUT2D eigenvalue weighted by Gasteiger charge is -2.32. The van der Waals surface area contributed by atoms with Crippen LogP contribution in [0.2, 0.25) is 0 Å². The lowest BCUT2D eigenvalue weighted by atomic mass is 10.0. The summed E-state index contributed by atoms with van der Waals surface area (Å²) in [5, 5.41) is 18.1. The third-order valence-corrected chi connectivity index (χ3v) is 7.95. The predicted molar refractivity (Wildman–Crippen MR) is 172 cm³/mol. The van der Waals surface area contributed by atoms with Gasteiger partial charge in [-0.2, -0.15) is 0 Å². The first-order valence-electron chi connectivity index (χ1n) is 14.3. The maximum atomic E-state index is 13.9. The number of hydrogen-bond acceptors (Lipinski definition) is 8. The van der Waals surface area contributed by atoms with Gasteiger partial charge in [-0.15, -0.1) is 0 Å². The summed E-state index contributed by atoms with van der Waals surface area (Å²) in [6.45, 7) is 1.21. The SMILES string of the molecule is CC(=O)O/N=C(\N)c1ccc(CNC(=O)C(CCC(=O)O)NC(=O)[C@@H](CCc2ccccc2)N(c2ccccc2)S(C)(=O)=O)cc1. The second-order valence-electron chi connectivity index (χ2n) is 10.4. The number of aliphatic carboxylic acids is 1. The largest absolute Gasteiger partial charge is 0.481 e. The Morgan fingerprint density at radius 2 is 1.50 bits per heavy atom. The Morgan fingerprint density at radius 1 is 0.891 bits per heavy atom. The van der Waals surface area contributed by atoms with Gasteiger partial charge in [0, 0.05) is 25.5 Å². The summed E-state index contributed by atoms with van der Waals surface area (Å²) in [5.74, 6) is -3.22. The van der Waals surface area contributed by atoms with Crippen LogP contribution in [0.15, 0.2) is 90.1 Å². The summed E-state index contributed by atoms with van der Waals surface area (Å²) in [4.78, 5) is 54.0. The molecule has 2 amide bonds. The van der Waals surface area contributed by atoms with Gasteiger partial charge in [-0.25, -0.2) is 13.2 Å². The topological polar surface area (TPSA) is 198 Å². The number of amidine groups is 1. The molecular weight excluding hydrogens is 614 g/mol. The number of carbonyl (C=O) groups excluding carboxylic acids is 3. The van der Waals surface area contributed by atoms with Crippen LogP contribution in [-0.2, 0) is 47.0 Å². The number of para-hydroxylation sites is 1. The van der Waals surface area contributed by atoms with Crippen molar-refractivity contribution in [1.29, 1.82) is 0 Å². The zero-order valence-corrected chi connectivity index (χ0v) is 26.3. The van der Waals surface area contributed by atoms with E-state index in [1.54, 1.807) is 54.6 Å². The smallest absolute Gasteiger partial charge is 0.332 e. The van der Waals surface area contributed by atoms with Crippen molar-refractivity contribution in [3.05, 3.63) is 102 Å². The molecule has 1 unspecified atom stereocenters. The number of anilines is 1. The molecule has 3 rings (SSSR count). The van der Waals surface area contributed by atoms with E-state index in [0.29, 0.717) is 17.5 Å². The molecule has 2 atom stereocenters. The zero-order valence-electron chi connectivity index (χ0n) is 25.5. The molecule has 244 valence electrons. The average Bonchev–Trinajstić information content (AvgIpc) is 3.02. The number of oxime groups is 1. The number of nitrogens with zero attached hydrogens (tertiary/aromatic N) is 2. The number of rotatable bonds is 16. The van der Waals surface area contributed by atoms with Crippen LogP contribution < -0.4 is 20.7 Å². The minimum absolute atomic E-state index is 0.0243. The van der Waals surface area contributed by atoms with Gasteiger partial charge in [0.25, 0.3) is 0 Å². The Labute approximate surface area is 267 Å². The second-order valence-corrected chi connectivity index (χ2v) is 12.3. The molecule has 0 saturated carbocycles. The van der Waals surface area contributed by atoms with Crippen LogP contribution in [0.25, 0.3) is 0 Å². The maximum absolute atomic E-state index is 13.9. The summed E-state index contributed by atoms with van der Waals surface area (Å²) in [6, 6.07) is 21.4. The molecule has 0 radical (unpaired) electrons. The number of hydrogen-bond donors (Lipinski definition) is 4. The van der Waals surface area contributed by atoms with Gasteiger partial charge in [0.1, 0.15) is 12.1 Å². The van der Waals surface area contributed by atoms with Gasteiger partial charge in [0.15, 0.2) is 5.84 Å². The Hall–Kier alpha value is -5.24. The highest BCUT2D eigenvalue weighted by molar-refractivity contribution is 7.92. The van der Waals surface area contributed by atoms with Crippen LogP contribution in [0, 0.1) is 0 Å². The molecule has 5 N–H and O–H groups in total. The molecular formula is C32H37N5O8S. The Morgan fingerprint density at radius 3 is 2.07 bits per heavy atom. The van der Waals surface area contributed by atoms with Crippen LogP contribution in [-0.4, -0.2) is 61.5 Å². The minimum Gasteiger partial charge on any atom is -0.481 e. The summed E-state index contributed by atoms with van der Waals surface area (Å²) in [6.07, 6.45) is 0.789. The molecule has 0 aliphatic carbocycles. The standard InChI is InChI=1S/C32H37N5O8S/c1-22(38)45-36-30(33)25-16-13-24(14-17-25)21-34-31(41)27(18-20-29(39)40)35-32(42)28(19-15-23-9-5-3-6-10-23)37(46(2,43)44)26-11-7-4-8-12-26/h3-14,16-17,27-28H,15,18-21H2,1-2H3,(H2,33,36)(H,34,41)(H,35,42)(H,39,40)/t27?,28-/m1/s1. The number of carbonyl (C=O) groups is 4. The van der Waals surface area contributed by atoms with Crippen molar-refractivity contribution in [2.24, 2.45) is 10.9 Å². The van der Waals surface area contributed by atoms with E-state index in [0.717, 1.165) is 16.1 Å². The van der Waals surface area contributed by atoms with E-state index in [-0.39, 0.29) is 30.9 Å². The summed E-state index contributed by atoms with van der Waals surface area (Å²) in [7, 11) is -3.98. The van der Waals surface area contributed by atoms with Crippen molar-refractivity contribution in [1.82, 2.24) is 10.6 Å². The number of amides is 2. The first-order chi connectivity index (χ1) is 21.8. The van der Waals surface area contributed by atoms with Crippen LogP contribution in [0.4, 0.5) is 5.69 Å². The number of nitrogens with one attached hydrogen (secondary N) is 2. The molecule has 0 fully saturated rings. The third-order valence-electron chi connectivity index (χ3n) is 6.77. The third kappa shape index (κ3) is 11.0. The molecule has 0 spiro atoms. The van der Waals surface area contributed by atoms with Crippen LogP contribution in [0.3, 0.4) is 0 Å². The lowest BCUT2D eigenvalue weighted by Crippen LogP contribution is -2.55. The molecule has 0 aliphatic heterocycles. The van der Waals surface area contributed by atoms with E-state index in [4.69, 9.17) is 5.73 Å². The quantitative estimate of drug-likeness (QED) is 0.0777. The van der Waals surface area contributed by atoms with Gasteiger partial charge in [-0.1, -0.05) is 78.0 Å². The molecule has 0 aliphatic rings. The zero-order chi connectivity index (χ0) is 33.7. The second kappa shape index (κ2) is 16.7. The van der Waals surface area contributed by atoms with E-state index >= 15 is 0 Å². The molecule has 3 aromatic rings. The van der Waals surface area contributed by atoms with Crippen LogP contribution in [0.5, 0.6) is 0 Å². The van der Waals surface area contributed by atoms with Crippen molar-refractivity contribution >= 4 is 45.3 Å². The number of sulfonamides is 1. The van der Waals surface area contributed by atoms with Gasteiger partial charge in [-0.05, 0) is 42.5 Å². The van der Waals surface area contributed by atoms with E-state index in [1.165, 1.54) is 6.92 Å². The van der Waals surface area contributed by atoms with Crippen molar-refractivity contribution in [2.75, 3.05) is 10.6 Å². The van der Waals surface area contributed by atoms with E-state index < -0.39 is 52.3 Å². The Kier molecular flexibility index (Phi) is 12.8. The minimum atomic E-state index is -3.98. The van der Waals surface area contributed by atoms with Crippen molar-refractivity contribution in [3.8, 4) is 0 Å². The van der Waals surface area contributed by atoms with Gasteiger partial charge >= 0.3 is 11.9 Å². The van der Waals surface area contributed by atoms with Crippen LogP contribution in [0.1, 0.15) is 42.9 Å². The Bertz CT molecular complexity index is 1630. The van der Waals surface area contributed by atoms with E-state index in [2.05, 4.69) is 20.6 Å². The number of aryl methyl sites for hydroxylation is 1. The highest BCUT2D eigenvalue weighted by Gasteiger charge is 2.34. The van der Waals surface area contributed by atoms with Crippen molar-refractivity contribution in [3.63, 3.8) is 0 Å². The number of nitrogens with two attached hydrogens (primary N) is 1. The van der Waals surface area contributed by atoms with Crippen LogP contribution >= 0.6 is 0 Å². The molecule has 3 aromatic carbocycles. The normalized spacial score (nSPS) is 12.8.